The number of rotatable bonds is 2. The minimum Gasteiger partial charge on any atom is -0.477 e. The largest absolute Gasteiger partial charge is 0.477 e. The molecule has 1 N–H and O–H groups in total. The number of benzene rings is 1. The number of aromatic nitrogens is 1. The van der Waals surface area contributed by atoms with Gasteiger partial charge in [0.25, 0.3) is 0 Å². The summed E-state index contributed by atoms with van der Waals surface area (Å²) in [5.74, 6) is -0.969. The maximum atomic E-state index is 11.1. The molecule has 0 spiro atoms. The lowest BCUT2D eigenvalue weighted by Gasteiger charge is -1.99. The lowest BCUT2D eigenvalue weighted by molar-refractivity contribution is 0.0701. The molecule has 0 aliphatic rings. The number of carboxylic acids is 1. The van der Waals surface area contributed by atoms with Crippen LogP contribution >= 0.6 is 22.7 Å². The molecule has 0 unspecified atom stereocenters. The number of fused-ring (bicyclic) bond motifs is 1. The minimum absolute atomic E-state index is 0.240. The van der Waals surface area contributed by atoms with Crippen molar-refractivity contribution in [3.63, 3.8) is 0 Å². The van der Waals surface area contributed by atoms with Gasteiger partial charge in [0.2, 0.25) is 0 Å². The Balaban J connectivity index is 2.22. The van der Waals surface area contributed by atoms with Gasteiger partial charge in [-0.25, -0.2) is 9.78 Å². The standard InChI is InChI=1S/C14H8N2O2S2/c1-7-11(14(17)18)20-13(16-7)9-4-8-2-3-19-12(8)10(5-9)6-15/h2-5H,1H3,(H,17,18). The van der Waals surface area contributed by atoms with E-state index in [-0.39, 0.29) is 4.88 Å². The average Bonchev–Trinajstić information content (AvgIpc) is 3.03. The summed E-state index contributed by atoms with van der Waals surface area (Å²) >= 11 is 2.66. The predicted octanol–water partition coefficient (Wildman–Crippen LogP) is 3.90. The Morgan fingerprint density at radius 2 is 2.25 bits per heavy atom. The summed E-state index contributed by atoms with van der Waals surface area (Å²) in [7, 11) is 0. The van der Waals surface area contributed by atoms with Crippen LogP contribution in [0.5, 0.6) is 0 Å². The monoisotopic (exact) mass is 300 g/mol. The normalized spacial score (nSPS) is 10.6. The molecule has 3 aromatic rings. The SMILES string of the molecule is Cc1nc(-c2cc(C#N)c3sccc3c2)sc1C(=O)O. The molecule has 20 heavy (non-hydrogen) atoms. The van der Waals surface area contributed by atoms with Gasteiger partial charge in [-0.3, -0.25) is 0 Å². The molecule has 0 saturated heterocycles. The first-order valence-electron chi connectivity index (χ1n) is 5.72. The highest BCUT2D eigenvalue weighted by Gasteiger charge is 2.16. The van der Waals surface area contributed by atoms with E-state index in [0.717, 1.165) is 27.0 Å². The van der Waals surface area contributed by atoms with Crippen LogP contribution in [0.3, 0.4) is 0 Å². The number of thiophene rings is 1. The van der Waals surface area contributed by atoms with E-state index in [4.69, 9.17) is 5.11 Å². The zero-order valence-corrected chi connectivity index (χ0v) is 12.0. The van der Waals surface area contributed by atoms with Crippen LogP contribution < -0.4 is 0 Å². The number of nitrogens with zero attached hydrogens (tertiary/aromatic N) is 2. The van der Waals surface area contributed by atoms with E-state index in [1.165, 1.54) is 11.3 Å². The van der Waals surface area contributed by atoms with Crippen LogP contribution in [0.4, 0.5) is 0 Å². The second kappa shape index (κ2) is 4.71. The molecule has 0 atom stereocenters. The van der Waals surface area contributed by atoms with Crippen LogP contribution in [0, 0.1) is 18.3 Å². The zero-order chi connectivity index (χ0) is 14.3. The maximum Gasteiger partial charge on any atom is 0.347 e. The molecule has 98 valence electrons. The first-order valence-corrected chi connectivity index (χ1v) is 7.42. The third-order valence-corrected chi connectivity index (χ3v) is 5.07. The van der Waals surface area contributed by atoms with Crippen molar-refractivity contribution in [1.29, 1.82) is 5.26 Å². The molecule has 0 saturated carbocycles. The number of hydrogen-bond donors (Lipinski definition) is 1. The molecule has 0 aliphatic carbocycles. The van der Waals surface area contributed by atoms with Crippen LogP contribution in [0.2, 0.25) is 0 Å². The van der Waals surface area contributed by atoms with E-state index >= 15 is 0 Å². The van der Waals surface area contributed by atoms with Crippen molar-refractivity contribution in [2.75, 3.05) is 0 Å². The molecule has 4 nitrogen and oxygen atoms in total. The van der Waals surface area contributed by atoms with Gasteiger partial charge in [0.15, 0.2) is 0 Å². The molecule has 0 fully saturated rings. The molecular weight excluding hydrogens is 292 g/mol. The fourth-order valence-corrected chi connectivity index (χ4v) is 3.74. The molecule has 0 amide bonds. The quantitative estimate of drug-likeness (QED) is 0.778. The summed E-state index contributed by atoms with van der Waals surface area (Å²) in [5.41, 5.74) is 1.88. The lowest BCUT2D eigenvalue weighted by Crippen LogP contribution is -1.94. The van der Waals surface area contributed by atoms with E-state index in [0.29, 0.717) is 16.3 Å². The number of carboxylic acid groups (broad SMARTS) is 1. The van der Waals surface area contributed by atoms with Crippen molar-refractivity contribution in [3.8, 4) is 16.6 Å². The van der Waals surface area contributed by atoms with Gasteiger partial charge in [0, 0.05) is 5.56 Å². The van der Waals surface area contributed by atoms with Crippen LogP contribution in [0.15, 0.2) is 23.6 Å². The Morgan fingerprint density at radius 3 is 2.90 bits per heavy atom. The van der Waals surface area contributed by atoms with Crippen molar-refractivity contribution in [1.82, 2.24) is 4.98 Å². The van der Waals surface area contributed by atoms with Crippen molar-refractivity contribution >= 4 is 38.7 Å². The first kappa shape index (κ1) is 12.8. The Labute approximate surface area is 122 Å². The highest BCUT2D eigenvalue weighted by molar-refractivity contribution is 7.17. The topological polar surface area (TPSA) is 74.0 Å². The third-order valence-electron chi connectivity index (χ3n) is 2.91. The number of nitriles is 1. The second-order valence-electron chi connectivity index (χ2n) is 4.21. The Kier molecular flexibility index (Phi) is 3.01. The molecular formula is C14H8N2O2S2. The summed E-state index contributed by atoms with van der Waals surface area (Å²) in [5, 5.41) is 21.8. The molecule has 3 rings (SSSR count). The molecule has 1 aromatic carbocycles. The molecule has 6 heteroatoms. The molecule has 0 aliphatic heterocycles. The van der Waals surface area contributed by atoms with Crippen molar-refractivity contribution in [2.45, 2.75) is 6.92 Å². The summed E-state index contributed by atoms with van der Waals surface area (Å²) < 4.78 is 0.947. The van der Waals surface area contributed by atoms with Crippen LogP contribution in [-0.4, -0.2) is 16.1 Å². The highest BCUT2D eigenvalue weighted by atomic mass is 32.1. The predicted molar refractivity (Wildman–Crippen MR) is 79.3 cm³/mol. The number of carbonyl (C=O) groups is 1. The molecule has 0 radical (unpaired) electrons. The van der Waals surface area contributed by atoms with E-state index < -0.39 is 5.97 Å². The number of thiazole rings is 1. The summed E-state index contributed by atoms with van der Waals surface area (Å²) in [4.78, 5) is 15.6. The van der Waals surface area contributed by atoms with Gasteiger partial charge in [-0.05, 0) is 35.9 Å². The van der Waals surface area contributed by atoms with Crippen LogP contribution in [-0.2, 0) is 0 Å². The smallest absolute Gasteiger partial charge is 0.347 e. The van der Waals surface area contributed by atoms with Gasteiger partial charge in [0.1, 0.15) is 16.0 Å². The van der Waals surface area contributed by atoms with Crippen LogP contribution in [0.25, 0.3) is 20.7 Å². The van der Waals surface area contributed by atoms with Gasteiger partial charge in [-0.15, -0.1) is 22.7 Å². The number of hydrogen-bond acceptors (Lipinski definition) is 5. The van der Waals surface area contributed by atoms with Gasteiger partial charge in [0.05, 0.1) is 16.0 Å². The van der Waals surface area contributed by atoms with Gasteiger partial charge in [-0.2, -0.15) is 5.26 Å². The van der Waals surface area contributed by atoms with E-state index in [9.17, 15) is 10.1 Å². The second-order valence-corrected chi connectivity index (χ2v) is 6.13. The molecule has 0 bridgehead atoms. The Morgan fingerprint density at radius 1 is 1.45 bits per heavy atom. The van der Waals surface area contributed by atoms with E-state index in [2.05, 4.69) is 11.1 Å². The number of aryl methyl sites for hydroxylation is 1. The van der Waals surface area contributed by atoms with E-state index in [1.807, 2.05) is 17.5 Å². The lowest BCUT2D eigenvalue weighted by atomic mass is 10.1. The summed E-state index contributed by atoms with van der Waals surface area (Å²) in [6, 6.07) is 7.84. The van der Waals surface area contributed by atoms with Crippen molar-refractivity contribution < 1.29 is 9.90 Å². The first-order chi connectivity index (χ1) is 9.60. The van der Waals surface area contributed by atoms with Crippen LogP contribution in [0.1, 0.15) is 20.9 Å². The Bertz CT molecular complexity index is 871. The zero-order valence-electron chi connectivity index (χ0n) is 10.4. The molecule has 2 aromatic heterocycles. The fraction of sp³-hybridized carbons (Fsp3) is 0.0714. The molecule has 2 heterocycles. The average molecular weight is 300 g/mol. The summed E-state index contributed by atoms with van der Waals surface area (Å²) in [6.45, 7) is 1.68. The van der Waals surface area contributed by atoms with E-state index in [1.54, 1.807) is 13.0 Å². The minimum atomic E-state index is -0.969. The Hall–Kier alpha value is -2.23. The van der Waals surface area contributed by atoms with Gasteiger partial charge < -0.3 is 5.11 Å². The van der Waals surface area contributed by atoms with Crippen molar-refractivity contribution in [3.05, 3.63) is 39.7 Å². The summed E-state index contributed by atoms with van der Waals surface area (Å²) in [6.07, 6.45) is 0. The number of aromatic carboxylic acids is 1. The highest BCUT2D eigenvalue weighted by Crippen LogP contribution is 2.33. The van der Waals surface area contributed by atoms with Gasteiger partial charge >= 0.3 is 5.97 Å². The third kappa shape index (κ3) is 1.97. The van der Waals surface area contributed by atoms with Gasteiger partial charge in [-0.1, -0.05) is 0 Å². The van der Waals surface area contributed by atoms with Crippen molar-refractivity contribution in [2.24, 2.45) is 0 Å². The fourth-order valence-electron chi connectivity index (χ4n) is 2.01. The maximum absolute atomic E-state index is 11.1.